The van der Waals surface area contributed by atoms with Crippen LogP contribution in [-0.4, -0.2) is 35.8 Å². The zero-order chi connectivity index (χ0) is 19.4. The molecule has 4 nitrogen and oxygen atoms in total. The van der Waals surface area contributed by atoms with E-state index in [1.807, 2.05) is 18.2 Å². The van der Waals surface area contributed by atoms with E-state index in [0.717, 1.165) is 47.2 Å². The molecule has 0 unspecified atom stereocenters. The molecule has 5 rings (SSSR count). The van der Waals surface area contributed by atoms with E-state index in [4.69, 9.17) is 4.74 Å². The Morgan fingerprint density at radius 1 is 0.964 bits per heavy atom. The van der Waals surface area contributed by atoms with E-state index in [2.05, 4.69) is 30.1 Å². The van der Waals surface area contributed by atoms with Gasteiger partial charge in [-0.1, -0.05) is 24.3 Å². The number of nitrogens with zero attached hydrogens (tertiary/aromatic N) is 1. The summed E-state index contributed by atoms with van der Waals surface area (Å²) in [7, 11) is 3.77. The van der Waals surface area contributed by atoms with Gasteiger partial charge < -0.3 is 14.9 Å². The van der Waals surface area contributed by atoms with Crippen LogP contribution in [0.4, 0.5) is 0 Å². The van der Waals surface area contributed by atoms with Crippen molar-refractivity contribution in [1.82, 2.24) is 4.90 Å². The highest BCUT2D eigenvalue weighted by Crippen LogP contribution is 2.51. The van der Waals surface area contributed by atoms with Gasteiger partial charge in [0.1, 0.15) is 5.75 Å². The fourth-order valence-electron chi connectivity index (χ4n) is 4.73. The lowest BCUT2D eigenvalue weighted by Gasteiger charge is -2.40. The normalized spacial score (nSPS) is 17.7. The van der Waals surface area contributed by atoms with E-state index in [1.54, 1.807) is 19.2 Å². The highest BCUT2D eigenvalue weighted by atomic mass is 16.5. The van der Waals surface area contributed by atoms with Gasteiger partial charge in [-0.2, -0.15) is 0 Å². The number of likely N-dealkylation sites (N-methyl/N-ethyl adjacent to an activating group) is 1. The third-order valence-electron chi connectivity index (χ3n) is 6.20. The molecule has 1 heterocycles. The molecule has 0 amide bonds. The molecule has 2 aliphatic rings. The maximum atomic E-state index is 10.9. The lowest BCUT2D eigenvalue weighted by Crippen LogP contribution is -2.35. The molecule has 1 aliphatic carbocycles. The van der Waals surface area contributed by atoms with Crippen LogP contribution in [0.1, 0.15) is 22.7 Å². The van der Waals surface area contributed by atoms with Crippen LogP contribution in [0.25, 0.3) is 22.3 Å². The minimum absolute atomic E-state index is 0.219. The van der Waals surface area contributed by atoms with Gasteiger partial charge in [0.05, 0.1) is 7.11 Å². The summed E-state index contributed by atoms with van der Waals surface area (Å²) in [6, 6.07) is 16.0. The van der Waals surface area contributed by atoms with Crippen LogP contribution >= 0.6 is 0 Å². The first-order valence-electron chi connectivity index (χ1n) is 9.62. The molecule has 28 heavy (non-hydrogen) atoms. The lowest BCUT2D eigenvalue weighted by atomic mass is 9.75. The SMILES string of the molecule is COc1ccc2c(c1O)-c1cc(-c3ccc(O)cc3)cc3c1[C@@H](C2)N(C)CC3. The van der Waals surface area contributed by atoms with Crippen molar-refractivity contribution in [3.05, 3.63) is 65.2 Å². The Morgan fingerprint density at radius 3 is 2.50 bits per heavy atom. The number of phenolic OH excluding ortho intramolecular Hbond substituents is 2. The standard InChI is InChI=1S/C24H23NO3/c1-25-10-9-16-11-17(14-3-6-18(26)7-4-14)12-19-22(16)20(25)13-15-5-8-21(28-2)24(27)23(15)19/h3-8,11-12,20,26-27H,9-10,13H2,1-2H3/t20-/m1/s1. The molecule has 1 atom stereocenters. The van der Waals surface area contributed by atoms with Crippen LogP contribution in [0, 0.1) is 0 Å². The number of methoxy groups -OCH3 is 1. The summed E-state index contributed by atoms with van der Waals surface area (Å²) in [6.07, 6.45) is 1.88. The molecule has 0 bridgehead atoms. The first-order chi connectivity index (χ1) is 13.6. The first kappa shape index (κ1) is 17.1. The van der Waals surface area contributed by atoms with Crippen LogP contribution in [0.3, 0.4) is 0 Å². The van der Waals surface area contributed by atoms with Crippen molar-refractivity contribution in [1.29, 1.82) is 0 Å². The fraction of sp³-hybridized carbons (Fsp3) is 0.250. The van der Waals surface area contributed by atoms with Crippen molar-refractivity contribution in [2.24, 2.45) is 0 Å². The maximum Gasteiger partial charge on any atom is 0.165 e. The van der Waals surface area contributed by atoms with Crippen LogP contribution in [-0.2, 0) is 12.8 Å². The second-order valence-electron chi connectivity index (χ2n) is 7.74. The number of ether oxygens (including phenoxy) is 1. The summed E-state index contributed by atoms with van der Waals surface area (Å²) < 4.78 is 5.38. The summed E-state index contributed by atoms with van der Waals surface area (Å²) in [4.78, 5) is 2.41. The number of hydrogen-bond donors (Lipinski definition) is 2. The monoisotopic (exact) mass is 373 g/mol. The lowest BCUT2D eigenvalue weighted by molar-refractivity contribution is 0.228. The molecule has 3 aromatic rings. The van der Waals surface area contributed by atoms with Gasteiger partial charge in [-0.15, -0.1) is 0 Å². The number of rotatable bonds is 2. The largest absolute Gasteiger partial charge is 0.508 e. The van der Waals surface area contributed by atoms with Gasteiger partial charge in [-0.05, 0) is 77.5 Å². The first-order valence-corrected chi connectivity index (χ1v) is 9.62. The summed E-state index contributed by atoms with van der Waals surface area (Å²) in [5.41, 5.74) is 7.97. The van der Waals surface area contributed by atoms with E-state index in [9.17, 15) is 10.2 Å². The molecule has 0 saturated heterocycles. The predicted octanol–water partition coefficient (Wildman–Crippen LogP) is 4.53. The van der Waals surface area contributed by atoms with Gasteiger partial charge in [-0.3, -0.25) is 4.90 Å². The van der Waals surface area contributed by atoms with Gasteiger partial charge in [-0.25, -0.2) is 0 Å². The Bertz CT molecular complexity index is 1070. The molecule has 0 fully saturated rings. The van der Waals surface area contributed by atoms with E-state index >= 15 is 0 Å². The van der Waals surface area contributed by atoms with Crippen LogP contribution in [0.15, 0.2) is 48.5 Å². The van der Waals surface area contributed by atoms with E-state index in [1.165, 1.54) is 11.1 Å². The van der Waals surface area contributed by atoms with Gasteiger partial charge in [0.15, 0.2) is 11.5 Å². The Labute approximate surface area is 164 Å². The summed E-state index contributed by atoms with van der Waals surface area (Å²) in [5.74, 6) is 0.986. The summed E-state index contributed by atoms with van der Waals surface area (Å²) >= 11 is 0. The molecule has 3 aromatic carbocycles. The van der Waals surface area contributed by atoms with Crippen molar-refractivity contribution >= 4 is 0 Å². The van der Waals surface area contributed by atoms with Gasteiger partial charge in [0, 0.05) is 18.2 Å². The van der Waals surface area contributed by atoms with Crippen molar-refractivity contribution in [2.45, 2.75) is 18.9 Å². The molecule has 142 valence electrons. The third-order valence-corrected chi connectivity index (χ3v) is 6.20. The molecule has 0 aromatic heterocycles. The molecule has 0 saturated carbocycles. The number of phenols is 2. The fourth-order valence-corrected chi connectivity index (χ4v) is 4.73. The topological polar surface area (TPSA) is 52.9 Å². The van der Waals surface area contributed by atoms with Crippen LogP contribution in [0.5, 0.6) is 17.2 Å². The quantitative estimate of drug-likeness (QED) is 0.693. The van der Waals surface area contributed by atoms with E-state index in [-0.39, 0.29) is 11.5 Å². The molecular weight excluding hydrogens is 350 g/mol. The molecule has 0 spiro atoms. The molecule has 1 aliphatic heterocycles. The highest BCUT2D eigenvalue weighted by molar-refractivity contribution is 5.86. The Hall–Kier alpha value is -2.98. The van der Waals surface area contributed by atoms with Crippen molar-refractivity contribution in [3.63, 3.8) is 0 Å². The van der Waals surface area contributed by atoms with E-state index in [0.29, 0.717) is 11.8 Å². The smallest absolute Gasteiger partial charge is 0.165 e. The van der Waals surface area contributed by atoms with Gasteiger partial charge in [0.25, 0.3) is 0 Å². The molecule has 2 N–H and O–H groups in total. The minimum atomic E-state index is 0.219. The van der Waals surface area contributed by atoms with Gasteiger partial charge in [0.2, 0.25) is 0 Å². The number of aromatic hydroxyl groups is 2. The number of hydrogen-bond acceptors (Lipinski definition) is 4. The van der Waals surface area contributed by atoms with Crippen LogP contribution < -0.4 is 4.74 Å². The Kier molecular flexibility index (Phi) is 3.84. The second-order valence-corrected chi connectivity index (χ2v) is 7.74. The zero-order valence-corrected chi connectivity index (χ0v) is 16.1. The van der Waals surface area contributed by atoms with Crippen molar-refractivity contribution in [2.75, 3.05) is 20.7 Å². The van der Waals surface area contributed by atoms with Crippen molar-refractivity contribution < 1.29 is 14.9 Å². The maximum absolute atomic E-state index is 10.9. The predicted molar refractivity (Wildman–Crippen MR) is 110 cm³/mol. The number of fused-ring (bicyclic) bond motifs is 2. The highest BCUT2D eigenvalue weighted by Gasteiger charge is 2.35. The zero-order valence-electron chi connectivity index (χ0n) is 16.1. The average Bonchev–Trinajstić information content (AvgIpc) is 2.71. The molecule has 4 heteroatoms. The molecule has 0 radical (unpaired) electrons. The Balaban J connectivity index is 1.79. The van der Waals surface area contributed by atoms with Crippen LogP contribution in [0.2, 0.25) is 0 Å². The number of benzene rings is 3. The summed E-state index contributed by atoms with van der Waals surface area (Å²) in [6.45, 7) is 1.02. The van der Waals surface area contributed by atoms with E-state index < -0.39 is 0 Å². The Morgan fingerprint density at radius 2 is 1.75 bits per heavy atom. The summed E-state index contributed by atoms with van der Waals surface area (Å²) in [5, 5.41) is 20.6. The minimum Gasteiger partial charge on any atom is -0.508 e. The average molecular weight is 373 g/mol. The second kappa shape index (κ2) is 6.28. The van der Waals surface area contributed by atoms with Crippen molar-refractivity contribution in [3.8, 4) is 39.5 Å². The third kappa shape index (κ3) is 2.49. The van der Waals surface area contributed by atoms with Gasteiger partial charge >= 0.3 is 0 Å². The molecular formula is C24H23NO3.